The second kappa shape index (κ2) is 8.25. The Labute approximate surface area is 160 Å². The highest BCUT2D eigenvalue weighted by molar-refractivity contribution is 6.09. The van der Waals surface area contributed by atoms with Gasteiger partial charge in [0.1, 0.15) is 0 Å². The smallest absolute Gasteiger partial charge is 0.334 e. The molecule has 0 fully saturated rings. The van der Waals surface area contributed by atoms with Gasteiger partial charge in [0.15, 0.2) is 23.3 Å². The van der Waals surface area contributed by atoms with E-state index in [9.17, 15) is 9.59 Å². The Morgan fingerprint density at radius 3 is 2.61 bits per heavy atom. The first kappa shape index (κ1) is 19.0. The van der Waals surface area contributed by atoms with Gasteiger partial charge in [0, 0.05) is 5.56 Å². The van der Waals surface area contributed by atoms with Crippen molar-refractivity contribution in [2.75, 3.05) is 12.5 Å². The highest BCUT2D eigenvalue weighted by Crippen LogP contribution is 2.07. The average molecular weight is 381 g/mol. The van der Waals surface area contributed by atoms with Crippen molar-refractivity contribution < 1.29 is 14.3 Å². The number of hydrogen-bond acceptors (Lipinski definition) is 8. The molecule has 1 aromatic carbocycles. The monoisotopic (exact) mass is 381 g/mol. The number of aromatic nitrogens is 4. The van der Waals surface area contributed by atoms with Crippen LogP contribution in [0.15, 0.2) is 47.6 Å². The maximum absolute atomic E-state index is 12.4. The molecule has 1 amide bonds. The predicted molar refractivity (Wildman–Crippen MR) is 102 cm³/mol. The van der Waals surface area contributed by atoms with Crippen LogP contribution in [0, 0.1) is 6.92 Å². The molecule has 0 bridgehead atoms. The Balaban J connectivity index is 1.77. The van der Waals surface area contributed by atoms with Crippen LogP contribution in [0.3, 0.4) is 0 Å². The molecule has 144 valence electrons. The molecular weight excluding hydrogens is 362 g/mol. The maximum Gasteiger partial charge on any atom is 0.334 e. The highest BCUT2D eigenvalue weighted by atomic mass is 16.5. The van der Waals surface area contributed by atoms with E-state index in [1.165, 1.54) is 7.11 Å². The third-order valence-electron chi connectivity index (χ3n) is 3.93. The molecule has 0 aliphatic carbocycles. The van der Waals surface area contributed by atoms with E-state index >= 15 is 0 Å². The van der Waals surface area contributed by atoms with Crippen molar-refractivity contribution in [1.29, 1.82) is 0 Å². The molecule has 0 aliphatic heterocycles. The van der Waals surface area contributed by atoms with Crippen LogP contribution in [0.1, 0.15) is 23.1 Å². The van der Waals surface area contributed by atoms with Gasteiger partial charge in [0.25, 0.3) is 5.91 Å². The largest absolute Gasteiger partial charge is 0.467 e. The molecule has 2 aromatic heterocycles. The minimum absolute atomic E-state index is 0.304. The molecule has 0 radical (unpaired) electrons. The fourth-order valence-electron chi connectivity index (χ4n) is 2.42. The predicted octanol–water partition coefficient (Wildman–Crippen LogP) is 1.19. The zero-order valence-corrected chi connectivity index (χ0v) is 15.6. The van der Waals surface area contributed by atoms with Crippen molar-refractivity contribution in [2.24, 2.45) is 5.10 Å². The van der Waals surface area contributed by atoms with Gasteiger partial charge in [-0.3, -0.25) is 10.2 Å². The normalized spacial score (nSPS) is 12.5. The number of rotatable bonds is 6. The number of anilines is 1. The van der Waals surface area contributed by atoms with Crippen molar-refractivity contribution in [1.82, 2.24) is 25.1 Å². The second-order valence-corrected chi connectivity index (χ2v) is 5.90. The van der Waals surface area contributed by atoms with Crippen LogP contribution in [0.5, 0.6) is 0 Å². The number of aryl methyl sites for hydroxylation is 1. The highest BCUT2D eigenvalue weighted by Gasteiger charge is 2.25. The number of fused-ring (bicyclic) bond motifs is 1. The number of nitrogens with one attached hydrogen (secondary N) is 2. The summed E-state index contributed by atoms with van der Waals surface area (Å²) in [6.07, 6.45) is 0. The van der Waals surface area contributed by atoms with E-state index < -0.39 is 17.9 Å². The molecule has 0 spiro atoms. The lowest BCUT2D eigenvalue weighted by atomic mass is 10.1. The van der Waals surface area contributed by atoms with Crippen LogP contribution in [-0.4, -0.2) is 50.6 Å². The van der Waals surface area contributed by atoms with Crippen LogP contribution in [0.4, 0.5) is 5.82 Å². The quantitative estimate of drug-likeness (QED) is 0.373. The second-order valence-electron chi connectivity index (χ2n) is 5.90. The number of carbonyl (C=O) groups is 2. The van der Waals surface area contributed by atoms with Gasteiger partial charge in [-0.15, -0.1) is 15.3 Å². The number of methoxy groups -OCH3 is 1. The van der Waals surface area contributed by atoms with E-state index in [2.05, 4.69) is 31.1 Å². The Kier molecular flexibility index (Phi) is 5.58. The number of esters is 1. The number of ether oxygens (including phenoxy) is 1. The summed E-state index contributed by atoms with van der Waals surface area (Å²) in [6.45, 7) is 3.38. The minimum Gasteiger partial charge on any atom is -0.467 e. The fraction of sp³-hybridized carbons (Fsp3) is 0.222. The number of amides is 1. The molecule has 1 atom stereocenters. The van der Waals surface area contributed by atoms with Crippen molar-refractivity contribution in [3.8, 4) is 0 Å². The van der Waals surface area contributed by atoms with E-state index in [0.717, 1.165) is 0 Å². The van der Waals surface area contributed by atoms with Gasteiger partial charge in [-0.1, -0.05) is 18.2 Å². The van der Waals surface area contributed by atoms with Crippen LogP contribution in [0.25, 0.3) is 5.65 Å². The maximum atomic E-state index is 12.4. The van der Waals surface area contributed by atoms with Gasteiger partial charge in [-0.25, -0.2) is 4.79 Å². The van der Waals surface area contributed by atoms with Crippen molar-refractivity contribution in [2.45, 2.75) is 19.9 Å². The zero-order chi connectivity index (χ0) is 20.1. The summed E-state index contributed by atoms with van der Waals surface area (Å²) in [6, 6.07) is 10.9. The molecule has 0 saturated heterocycles. The molecular formula is C18H19N7O3. The lowest BCUT2D eigenvalue weighted by Gasteiger charge is -2.16. The van der Waals surface area contributed by atoms with Gasteiger partial charge in [-0.05, 0) is 38.1 Å². The van der Waals surface area contributed by atoms with Crippen LogP contribution in [0.2, 0.25) is 0 Å². The summed E-state index contributed by atoms with van der Waals surface area (Å²) >= 11 is 0. The molecule has 28 heavy (non-hydrogen) atoms. The van der Waals surface area contributed by atoms with Crippen LogP contribution < -0.4 is 10.7 Å². The van der Waals surface area contributed by atoms with Gasteiger partial charge < -0.3 is 10.1 Å². The number of carbonyl (C=O) groups excluding carboxylic acids is 2. The summed E-state index contributed by atoms with van der Waals surface area (Å²) < 4.78 is 6.34. The van der Waals surface area contributed by atoms with Crippen LogP contribution in [-0.2, 0) is 9.53 Å². The Morgan fingerprint density at radius 2 is 1.89 bits per heavy atom. The van der Waals surface area contributed by atoms with Crippen molar-refractivity contribution in [3.63, 3.8) is 0 Å². The first-order chi connectivity index (χ1) is 13.5. The molecule has 0 saturated carbocycles. The molecule has 1 unspecified atom stereocenters. The summed E-state index contributed by atoms with van der Waals surface area (Å²) in [7, 11) is 1.25. The number of hydrogen-bond donors (Lipinski definition) is 2. The minimum atomic E-state index is -1.05. The van der Waals surface area contributed by atoms with Gasteiger partial charge in [-0.2, -0.15) is 9.62 Å². The molecule has 10 nitrogen and oxygen atoms in total. The third kappa shape index (κ3) is 4.11. The number of nitrogens with zero attached hydrogens (tertiary/aromatic N) is 5. The van der Waals surface area contributed by atoms with Gasteiger partial charge in [0.05, 0.1) is 12.8 Å². The lowest BCUT2D eigenvalue weighted by Crippen LogP contribution is -2.46. The summed E-state index contributed by atoms with van der Waals surface area (Å²) in [4.78, 5) is 24.5. The number of hydrazone groups is 1. The van der Waals surface area contributed by atoms with Gasteiger partial charge in [0.2, 0.25) is 0 Å². The zero-order valence-electron chi connectivity index (χ0n) is 15.6. The first-order valence-electron chi connectivity index (χ1n) is 8.42. The van der Waals surface area contributed by atoms with E-state index in [1.807, 2.05) is 0 Å². The topological polar surface area (TPSA) is 123 Å². The summed E-state index contributed by atoms with van der Waals surface area (Å²) in [5.41, 5.74) is 4.10. The van der Waals surface area contributed by atoms with Crippen molar-refractivity contribution in [3.05, 3.63) is 53.9 Å². The molecule has 2 N–H and O–H groups in total. The summed E-state index contributed by atoms with van der Waals surface area (Å²) in [5.74, 6) is 0.00488. The number of benzene rings is 1. The fourth-order valence-corrected chi connectivity index (χ4v) is 2.42. The third-order valence-corrected chi connectivity index (χ3v) is 3.93. The molecule has 10 heteroatoms. The van der Waals surface area contributed by atoms with Crippen molar-refractivity contribution >= 4 is 29.1 Å². The van der Waals surface area contributed by atoms with E-state index in [-0.39, 0.29) is 0 Å². The van der Waals surface area contributed by atoms with E-state index in [4.69, 9.17) is 4.74 Å². The Morgan fingerprint density at radius 1 is 1.14 bits per heavy atom. The summed E-state index contributed by atoms with van der Waals surface area (Å²) in [5, 5.41) is 19.0. The SMILES string of the molecule is COC(=O)C(NC(=O)c1ccccc1)C(C)=NNc1ccc2nnc(C)n2n1. The van der Waals surface area contributed by atoms with Crippen LogP contribution >= 0.6 is 0 Å². The Bertz CT molecular complexity index is 1030. The average Bonchev–Trinajstić information content (AvgIpc) is 3.10. The molecule has 2 heterocycles. The first-order valence-corrected chi connectivity index (χ1v) is 8.42. The molecule has 3 aromatic rings. The molecule has 3 rings (SSSR count). The van der Waals surface area contributed by atoms with Gasteiger partial charge >= 0.3 is 5.97 Å². The van der Waals surface area contributed by atoms with E-state index in [1.54, 1.807) is 60.8 Å². The molecule has 0 aliphatic rings. The van der Waals surface area contributed by atoms with E-state index in [0.29, 0.717) is 28.6 Å². The standard InChI is InChI=1S/C18H19N7O3/c1-11(20-22-14-9-10-15-23-21-12(2)25(15)24-14)16(18(27)28-3)19-17(26)13-7-5-4-6-8-13/h4-10,16H,1-3H3,(H,19,26)(H,22,24). The Hall–Kier alpha value is -3.82. The lowest BCUT2D eigenvalue weighted by molar-refractivity contribution is -0.141.